The lowest BCUT2D eigenvalue weighted by molar-refractivity contribution is -0.153. The molecule has 10 heteroatoms. The molecule has 0 radical (unpaired) electrons. The summed E-state index contributed by atoms with van der Waals surface area (Å²) in [7, 11) is -2.92. The molecule has 25 heavy (non-hydrogen) atoms. The number of rotatable bonds is 6. The van der Waals surface area contributed by atoms with Gasteiger partial charge in [0.15, 0.2) is 12.4 Å². The second-order valence-corrected chi connectivity index (χ2v) is 6.91. The second-order valence-electron chi connectivity index (χ2n) is 5.33. The molecule has 0 saturated carbocycles. The molecule has 4 atom stereocenters. The lowest BCUT2D eigenvalue weighted by atomic mass is 9.95. The minimum Gasteiger partial charge on any atom is -0.459 e. The fourth-order valence-electron chi connectivity index (χ4n) is 2.40. The zero-order chi connectivity index (χ0) is 18.7. The van der Waals surface area contributed by atoms with E-state index >= 15 is 0 Å². The van der Waals surface area contributed by atoms with Gasteiger partial charge in [0, 0.05) is 7.11 Å². The number of aliphatic hydroxyl groups excluding tert-OH is 1. The highest BCUT2D eigenvalue weighted by molar-refractivity contribution is 7.86. The first-order valence-corrected chi connectivity index (χ1v) is 8.95. The van der Waals surface area contributed by atoms with Gasteiger partial charge in [-0.3, -0.25) is 0 Å². The van der Waals surface area contributed by atoms with Crippen LogP contribution in [0.5, 0.6) is 0 Å². The molecule has 136 valence electrons. The van der Waals surface area contributed by atoms with E-state index < -0.39 is 46.8 Å². The van der Waals surface area contributed by atoms with E-state index in [1.54, 1.807) is 24.3 Å². The van der Waals surface area contributed by atoms with Gasteiger partial charge in [-0.2, -0.15) is 13.7 Å². The Bertz CT molecular complexity index is 759. The van der Waals surface area contributed by atoms with Crippen LogP contribution in [0.4, 0.5) is 0 Å². The van der Waals surface area contributed by atoms with Crippen LogP contribution < -0.4 is 0 Å². The van der Waals surface area contributed by atoms with E-state index in [4.69, 9.17) is 18.4 Å². The van der Waals surface area contributed by atoms with Crippen molar-refractivity contribution in [3.8, 4) is 6.07 Å². The molecule has 1 aliphatic heterocycles. The van der Waals surface area contributed by atoms with Gasteiger partial charge < -0.3 is 19.3 Å². The summed E-state index contributed by atoms with van der Waals surface area (Å²) in [6.45, 7) is -0.520. The Morgan fingerprint density at radius 2 is 2.04 bits per heavy atom. The minimum atomic E-state index is -4.12. The van der Waals surface area contributed by atoms with Crippen LogP contribution in [-0.4, -0.2) is 63.6 Å². The summed E-state index contributed by atoms with van der Waals surface area (Å²) < 4.78 is 43.1. The molecule has 1 N–H and O–H groups in total. The van der Waals surface area contributed by atoms with Crippen molar-refractivity contribution in [2.24, 2.45) is 0 Å². The average molecular weight is 371 g/mol. The van der Waals surface area contributed by atoms with Gasteiger partial charge in [0.05, 0.1) is 11.8 Å². The third-order valence-electron chi connectivity index (χ3n) is 3.55. The van der Waals surface area contributed by atoms with Crippen molar-refractivity contribution in [3.63, 3.8) is 0 Å². The number of esters is 1. The molecule has 1 saturated heterocycles. The molecule has 1 unspecified atom stereocenters. The number of nitriles is 1. The zero-order valence-electron chi connectivity index (χ0n) is 13.5. The number of benzene rings is 1. The summed E-state index contributed by atoms with van der Waals surface area (Å²) in [5.41, 5.74) is -2.04. The summed E-state index contributed by atoms with van der Waals surface area (Å²) in [6.07, 6.45) is -3.69. The summed E-state index contributed by atoms with van der Waals surface area (Å²) in [5.74, 6) is -0.703. The number of aliphatic hydroxyl groups is 1. The average Bonchev–Trinajstić information content (AvgIpc) is 2.84. The van der Waals surface area contributed by atoms with Crippen LogP contribution in [0.15, 0.2) is 30.3 Å². The molecular formula is C15H17NO8S. The Labute approximate surface area is 144 Å². The second kappa shape index (κ2) is 7.47. The van der Waals surface area contributed by atoms with Crippen molar-refractivity contribution < 1.29 is 36.7 Å². The topological polar surface area (TPSA) is 132 Å². The van der Waals surface area contributed by atoms with Crippen molar-refractivity contribution in [2.75, 3.05) is 20.0 Å². The van der Waals surface area contributed by atoms with E-state index in [2.05, 4.69) is 0 Å². The Hall–Kier alpha value is -2.03. The van der Waals surface area contributed by atoms with Gasteiger partial charge in [0.1, 0.15) is 18.8 Å². The summed E-state index contributed by atoms with van der Waals surface area (Å²) in [6, 6.07) is 9.66. The predicted molar refractivity (Wildman–Crippen MR) is 82.7 cm³/mol. The van der Waals surface area contributed by atoms with E-state index in [0.717, 1.165) is 6.26 Å². The molecule has 0 bridgehead atoms. The number of nitrogens with zero attached hydrogens (tertiary/aromatic N) is 1. The van der Waals surface area contributed by atoms with Gasteiger partial charge in [-0.1, -0.05) is 18.2 Å². The molecule has 0 amide bonds. The molecule has 0 aliphatic carbocycles. The summed E-state index contributed by atoms with van der Waals surface area (Å²) in [5, 5.41) is 19.7. The number of carbonyl (C=O) groups is 1. The molecule has 1 aromatic carbocycles. The van der Waals surface area contributed by atoms with Crippen LogP contribution >= 0.6 is 0 Å². The molecule has 0 spiro atoms. The smallest absolute Gasteiger partial charge is 0.338 e. The van der Waals surface area contributed by atoms with Gasteiger partial charge in [-0.25, -0.2) is 8.98 Å². The van der Waals surface area contributed by atoms with Crippen molar-refractivity contribution >= 4 is 16.1 Å². The largest absolute Gasteiger partial charge is 0.459 e. The molecule has 0 aromatic heterocycles. The van der Waals surface area contributed by atoms with Crippen LogP contribution in [-0.2, 0) is 28.5 Å². The lowest BCUT2D eigenvalue weighted by Gasteiger charge is -2.27. The number of hydrogen-bond acceptors (Lipinski definition) is 9. The highest BCUT2D eigenvalue weighted by Gasteiger charge is 2.61. The Balaban J connectivity index is 2.21. The fourth-order valence-corrected chi connectivity index (χ4v) is 3.14. The highest BCUT2D eigenvalue weighted by Crippen LogP contribution is 2.36. The normalized spacial score (nSPS) is 29.1. The van der Waals surface area contributed by atoms with Crippen LogP contribution in [0.3, 0.4) is 0 Å². The zero-order valence-corrected chi connectivity index (χ0v) is 14.3. The highest BCUT2D eigenvalue weighted by atomic mass is 32.2. The molecule has 1 fully saturated rings. The maximum atomic E-state index is 12.0. The number of methoxy groups -OCH3 is 1. The SMILES string of the molecule is COC1O[C@H](COC(=O)c2ccccc2)[C@@](C#N)(OS(C)(=O)=O)[C@H]1O. The van der Waals surface area contributed by atoms with Crippen LogP contribution in [0.1, 0.15) is 10.4 Å². The third kappa shape index (κ3) is 4.15. The third-order valence-corrected chi connectivity index (χ3v) is 4.12. The van der Waals surface area contributed by atoms with Crippen LogP contribution in [0.2, 0.25) is 0 Å². The fraction of sp³-hybridized carbons (Fsp3) is 0.467. The Morgan fingerprint density at radius 1 is 1.40 bits per heavy atom. The standard InChI is InChI=1S/C15H17NO8S/c1-21-14-12(17)15(9-16,24-25(2,19)20)11(23-14)8-22-13(18)10-6-4-3-5-7-10/h3-7,11-12,14,17H,8H2,1-2H3/t11-,12+,14?,15-/m1/s1. The lowest BCUT2D eigenvalue weighted by Crippen LogP contribution is -2.52. The van der Waals surface area contributed by atoms with Crippen molar-refractivity contribution in [2.45, 2.75) is 24.1 Å². The van der Waals surface area contributed by atoms with E-state index in [9.17, 15) is 23.6 Å². The van der Waals surface area contributed by atoms with Gasteiger partial charge in [0.2, 0.25) is 5.60 Å². The van der Waals surface area contributed by atoms with Crippen molar-refractivity contribution in [1.29, 1.82) is 5.26 Å². The van der Waals surface area contributed by atoms with Gasteiger partial charge >= 0.3 is 5.97 Å². The van der Waals surface area contributed by atoms with E-state index in [1.807, 2.05) is 0 Å². The van der Waals surface area contributed by atoms with Gasteiger partial charge in [-0.15, -0.1) is 0 Å². The van der Waals surface area contributed by atoms with E-state index in [-0.39, 0.29) is 5.56 Å². The molecule has 2 rings (SSSR count). The Kier molecular flexibility index (Phi) is 5.76. The maximum absolute atomic E-state index is 12.0. The quantitative estimate of drug-likeness (QED) is 0.534. The minimum absolute atomic E-state index is 0.260. The number of hydrogen-bond donors (Lipinski definition) is 1. The molecule has 1 heterocycles. The molecule has 9 nitrogen and oxygen atoms in total. The first-order valence-electron chi connectivity index (χ1n) is 7.14. The summed E-state index contributed by atoms with van der Waals surface area (Å²) >= 11 is 0. The molecule has 1 aromatic rings. The van der Waals surface area contributed by atoms with Crippen molar-refractivity contribution in [1.82, 2.24) is 0 Å². The molecular weight excluding hydrogens is 354 g/mol. The summed E-state index contributed by atoms with van der Waals surface area (Å²) in [4.78, 5) is 12.0. The predicted octanol–water partition coefficient (Wildman–Crippen LogP) is -0.186. The van der Waals surface area contributed by atoms with Crippen LogP contribution in [0.25, 0.3) is 0 Å². The van der Waals surface area contributed by atoms with Crippen LogP contribution in [0, 0.1) is 11.3 Å². The monoisotopic (exact) mass is 371 g/mol. The van der Waals surface area contributed by atoms with Gasteiger partial charge in [0.25, 0.3) is 10.1 Å². The van der Waals surface area contributed by atoms with E-state index in [0.29, 0.717) is 0 Å². The number of ether oxygens (including phenoxy) is 3. The Morgan fingerprint density at radius 3 is 2.56 bits per heavy atom. The maximum Gasteiger partial charge on any atom is 0.338 e. The first kappa shape index (κ1) is 19.3. The van der Waals surface area contributed by atoms with E-state index in [1.165, 1.54) is 19.2 Å². The first-order chi connectivity index (χ1) is 11.7. The van der Waals surface area contributed by atoms with Gasteiger partial charge in [-0.05, 0) is 12.1 Å². The molecule has 1 aliphatic rings. The number of carbonyl (C=O) groups excluding carboxylic acids is 1. The van der Waals surface area contributed by atoms with Crippen molar-refractivity contribution in [3.05, 3.63) is 35.9 Å².